The monoisotopic (exact) mass is 485 g/mol. The van der Waals surface area contributed by atoms with Gasteiger partial charge >= 0.3 is 0 Å². The molecule has 176 valence electrons. The number of benzene rings is 2. The smallest absolute Gasteiger partial charge is 0.249 e. The van der Waals surface area contributed by atoms with Crippen LogP contribution in [0.25, 0.3) is 0 Å². The molecule has 10 heteroatoms. The van der Waals surface area contributed by atoms with Crippen molar-refractivity contribution in [2.75, 3.05) is 5.32 Å². The molecule has 1 aliphatic heterocycles. The second-order valence-electron chi connectivity index (χ2n) is 7.87. The number of halogens is 2. The van der Waals surface area contributed by atoms with Crippen molar-refractivity contribution in [1.82, 2.24) is 4.90 Å². The molecule has 7 nitrogen and oxygen atoms in total. The molecule has 0 saturated heterocycles. The zero-order chi connectivity index (χ0) is 24.4. The molecular formula is C24H21F2N3O4S. The van der Waals surface area contributed by atoms with Crippen LogP contribution in [0.5, 0.6) is 0 Å². The first kappa shape index (κ1) is 23.7. The average Bonchev–Trinajstić information content (AvgIpc) is 3.26. The quantitative estimate of drug-likeness (QED) is 0.572. The zero-order valence-electron chi connectivity index (χ0n) is 18.0. The van der Waals surface area contributed by atoms with Crippen LogP contribution >= 0.6 is 11.8 Å². The van der Waals surface area contributed by atoms with E-state index in [1.807, 2.05) is 6.07 Å². The summed E-state index contributed by atoms with van der Waals surface area (Å²) in [4.78, 5) is 41.6. The van der Waals surface area contributed by atoms with Gasteiger partial charge in [0.15, 0.2) is 0 Å². The predicted molar refractivity (Wildman–Crippen MR) is 122 cm³/mol. The molecule has 4 rings (SSSR count). The standard InChI is InChI=1S/C24H21F2N3O4S/c1-13(27)24(32)29(20(30)10-14-8-16(25)11-17(26)9-14)21-22(15-6-7-33-12-15)34-19-5-3-2-4-18(19)28-23(21)31/h2-9,11-13,21-22H,10,27H2,1H3,(H,28,31)/t13-,21-,22-/m0/s1. The summed E-state index contributed by atoms with van der Waals surface area (Å²) in [6.45, 7) is 1.40. The molecule has 0 bridgehead atoms. The number of hydrogen-bond acceptors (Lipinski definition) is 6. The van der Waals surface area contributed by atoms with Gasteiger partial charge in [-0.3, -0.25) is 19.3 Å². The molecule has 0 unspecified atom stereocenters. The van der Waals surface area contributed by atoms with Crippen molar-refractivity contribution >= 4 is 35.2 Å². The number of thioether (sulfide) groups is 1. The fourth-order valence-corrected chi connectivity index (χ4v) is 5.09. The summed E-state index contributed by atoms with van der Waals surface area (Å²) in [5.41, 5.74) is 6.96. The van der Waals surface area contributed by atoms with Crippen LogP contribution in [-0.2, 0) is 20.8 Å². The largest absolute Gasteiger partial charge is 0.472 e. The highest BCUT2D eigenvalue weighted by atomic mass is 32.2. The van der Waals surface area contributed by atoms with Crippen molar-refractivity contribution < 1.29 is 27.6 Å². The minimum absolute atomic E-state index is 0.0230. The Labute approximate surface area is 198 Å². The molecular weight excluding hydrogens is 464 g/mol. The normalized spacial score (nSPS) is 18.4. The SMILES string of the molecule is C[C@H](N)C(=O)N(C(=O)Cc1cc(F)cc(F)c1)[C@@H]1C(=O)Nc2ccccc2S[C@H]1c1ccoc1. The number of carbonyl (C=O) groups excluding carboxylic acids is 3. The number of hydrogen-bond donors (Lipinski definition) is 2. The van der Waals surface area contributed by atoms with Crippen LogP contribution in [0.2, 0.25) is 0 Å². The minimum Gasteiger partial charge on any atom is -0.472 e. The van der Waals surface area contributed by atoms with E-state index in [0.29, 0.717) is 17.3 Å². The van der Waals surface area contributed by atoms with Crippen molar-refractivity contribution in [1.29, 1.82) is 0 Å². The topological polar surface area (TPSA) is 106 Å². The lowest BCUT2D eigenvalue weighted by molar-refractivity contribution is -0.151. The molecule has 0 fully saturated rings. The van der Waals surface area contributed by atoms with Crippen molar-refractivity contribution in [2.24, 2.45) is 5.73 Å². The third-order valence-corrected chi connectivity index (χ3v) is 6.67. The van der Waals surface area contributed by atoms with Gasteiger partial charge in [0.05, 0.1) is 35.9 Å². The number of carbonyl (C=O) groups is 3. The van der Waals surface area contributed by atoms with E-state index in [9.17, 15) is 23.2 Å². The van der Waals surface area contributed by atoms with E-state index < -0.39 is 53.1 Å². The van der Waals surface area contributed by atoms with E-state index in [4.69, 9.17) is 10.2 Å². The van der Waals surface area contributed by atoms with Crippen molar-refractivity contribution in [3.8, 4) is 0 Å². The molecule has 3 atom stereocenters. The number of rotatable bonds is 5. The number of nitrogens with two attached hydrogens (primary N) is 1. The molecule has 3 N–H and O–H groups in total. The van der Waals surface area contributed by atoms with E-state index in [-0.39, 0.29) is 5.56 Å². The van der Waals surface area contributed by atoms with Gasteiger partial charge < -0.3 is 15.5 Å². The van der Waals surface area contributed by atoms with Crippen molar-refractivity contribution in [2.45, 2.75) is 35.6 Å². The Morgan fingerprint density at radius 1 is 1.18 bits per heavy atom. The van der Waals surface area contributed by atoms with Crippen LogP contribution in [0.1, 0.15) is 23.3 Å². The molecule has 0 spiro atoms. The second-order valence-corrected chi connectivity index (χ2v) is 9.05. The number of para-hydroxylation sites is 1. The summed E-state index contributed by atoms with van der Waals surface area (Å²) in [6, 6.07) is 8.99. The van der Waals surface area contributed by atoms with Gasteiger partial charge in [0.1, 0.15) is 17.7 Å². The number of anilines is 1. The fourth-order valence-electron chi connectivity index (χ4n) is 3.77. The second kappa shape index (κ2) is 9.78. The van der Waals surface area contributed by atoms with Gasteiger partial charge in [-0.15, -0.1) is 11.8 Å². The molecule has 1 aliphatic rings. The summed E-state index contributed by atoms with van der Waals surface area (Å²) in [5.74, 6) is -3.92. The van der Waals surface area contributed by atoms with E-state index in [1.54, 1.807) is 24.3 Å². The van der Waals surface area contributed by atoms with Crippen LogP contribution in [0.15, 0.2) is 70.4 Å². The van der Waals surface area contributed by atoms with Crippen LogP contribution in [0.3, 0.4) is 0 Å². The van der Waals surface area contributed by atoms with Crippen LogP contribution in [0.4, 0.5) is 14.5 Å². The fraction of sp³-hybridized carbons (Fsp3) is 0.208. The maximum atomic E-state index is 13.7. The van der Waals surface area contributed by atoms with Crippen LogP contribution in [-0.4, -0.2) is 34.7 Å². The molecule has 1 aromatic heterocycles. The number of amides is 3. The summed E-state index contributed by atoms with van der Waals surface area (Å²) in [5, 5.41) is 2.05. The summed E-state index contributed by atoms with van der Waals surface area (Å²) in [7, 11) is 0. The van der Waals surface area contributed by atoms with Gasteiger partial charge in [-0.25, -0.2) is 8.78 Å². The van der Waals surface area contributed by atoms with Crippen LogP contribution < -0.4 is 11.1 Å². The third kappa shape index (κ3) is 4.87. The van der Waals surface area contributed by atoms with E-state index in [2.05, 4.69) is 5.32 Å². The number of fused-ring (bicyclic) bond motifs is 1. The Bertz CT molecular complexity index is 1210. The first-order valence-electron chi connectivity index (χ1n) is 10.4. The highest BCUT2D eigenvalue weighted by molar-refractivity contribution is 7.99. The molecule has 3 amide bonds. The Hall–Kier alpha value is -3.50. The Kier molecular flexibility index (Phi) is 6.80. The van der Waals surface area contributed by atoms with Gasteiger partial charge in [0, 0.05) is 16.5 Å². The minimum atomic E-state index is -1.31. The summed E-state index contributed by atoms with van der Waals surface area (Å²) in [6.07, 6.45) is 2.36. The van der Waals surface area contributed by atoms with Gasteiger partial charge in [-0.05, 0) is 42.8 Å². The number of nitrogens with one attached hydrogen (secondary N) is 1. The molecule has 2 heterocycles. The van der Waals surface area contributed by atoms with Gasteiger partial charge in [-0.1, -0.05) is 12.1 Å². The molecule has 0 radical (unpaired) electrons. The molecule has 2 aromatic carbocycles. The Morgan fingerprint density at radius 2 is 1.88 bits per heavy atom. The molecule has 0 saturated carbocycles. The van der Waals surface area contributed by atoms with Crippen molar-refractivity contribution in [3.05, 3.63) is 83.8 Å². The van der Waals surface area contributed by atoms with E-state index >= 15 is 0 Å². The lowest BCUT2D eigenvalue weighted by Crippen LogP contribution is -2.56. The van der Waals surface area contributed by atoms with E-state index in [0.717, 1.165) is 21.9 Å². The van der Waals surface area contributed by atoms with Gasteiger partial charge in [-0.2, -0.15) is 0 Å². The summed E-state index contributed by atoms with van der Waals surface area (Å²) < 4.78 is 32.6. The molecule has 0 aliphatic carbocycles. The first-order chi connectivity index (χ1) is 16.2. The lowest BCUT2D eigenvalue weighted by Gasteiger charge is -2.33. The Morgan fingerprint density at radius 3 is 2.53 bits per heavy atom. The first-order valence-corrected chi connectivity index (χ1v) is 11.3. The highest BCUT2D eigenvalue weighted by Crippen LogP contribution is 2.45. The molecule has 34 heavy (non-hydrogen) atoms. The average molecular weight is 486 g/mol. The molecule has 3 aromatic rings. The van der Waals surface area contributed by atoms with E-state index in [1.165, 1.54) is 31.2 Å². The highest BCUT2D eigenvalue weighted by Gasteiger charge is 2.44. The zero-order valence-corrected chi connectivity index (χ0v) is 18.9. The summed E-state index contributed by atoms with van der Waals surface area (Å²) >= 11 is 1.28. The lowest BCUT2D eigenvalue weighted by atomic mass is 10.0. The Balaban J connectivity index is 1.78. The van der Waals surface area contributed by atoms with Crippen LogP contribution in [0, 0.1) is 11.6 Å². The maximum Gasteiger partial charge on any atom is 0.249 e. The van der Waals surface area contributed by atoms with Gasteiger partial charge in [0.25, 0.3) is 0 Å². The number of imide groups is 1. The number of furan rings is 1. The number of nitrogens with zero attached hydrogens (tertiary/aromatic N) is 1. The third-order valence-electron chi connectivity index (χ3n) is 5.28. The van der Waals surface area contributed by atoms with Crippen molar-refractivity contribution in [3.63, 3.8) is 0 Å². The maximum absolute atomic E-state index is 13.7. The predicted octanol–water partition coefficient (Wildman–Crippen LogP) is 3.66. The van der Waals surface area contributed by atoms with Gasteiger partial charge in [0.2, 0.25) is 17.7 Å².